The minimum Gasteiger partial charge on any atom is -1.00 e. The first kappa shape index (κ1) is 8.74. The van der Waals surface area contributed by atoms with Crippen LogP contribution in [0, 0.1) is 0 Å². The predicted molar refractivity (Wildman–Crippen MR) is 33.3 cm³/mol. The molecule has 0 nitrogen and oxygen atoms in total. The summed E-state index contributed by atoms with van der Waals surface area (Å²) in [6.07, 6.45) is 7.86. The first-order valence-electron chi connectivity index (χ1n) is 3.05. The van der Waals surface area contributed by atoms with E-state index in [4.69, 9.17) is 0 Å². The van der Waals surface area contributed by atoms with Crippen LogP contribution in [0.25, 0.3) is 0 Å². The first-order chi connectivity index (χ1) is 3.39. The second-order valence-electron chi connectivity index (χ2n) is 2.30. The van der Waals surface area contributed by atoms with Crippen molar-refractivity contribution in [3.8, 4) is 0 Å². The molecule has 1 aliphatic rings. The van der Waals surface area contributed by atoms with Gasteiger partial charge in [0.25, 0.3) is 0 Å². The Kier molecular flexibility index (Phi) is 5.03. The minimum absolute atomic E-state index is 0. The van der Waals surface area contributed by atoms with E-state index in [1.54, 1.807) is 5.57 Å². The Bertz CT molecular complexity index is 88.9. The quantitative estimate of drug-likeness (QED) is 0.302. The van der Waals surface area contributed by atoms with E-state index in [1.165, 1.54) is 25.7 Å². The molecule has 0 fully saturated rings. The van der Waals surface area contributed by atoms with E-state index in [9.17, 15) is 0 Å². The van der Waals surface area contributed by atoms with Crippen molar-refractivity contribution in [2.45, 2.75) is 32.6 Å². The van der Waals surface area contributed by atoms with Crippen molar-refractivity contribution in [2.75, 3.05) is 0 Å². The summed E-state index contributed by atoms with van der Waals surface area (Å²) in [6.45, 7) is 2.22. The van der Waals surface area contributed by atoms with E-state index in [1.807, 2.05) is 0 Å². The van der Waals surface area contributed by atoms with Crippen molar-refractivity contribution in [3.05, 3.63) is 11.6 Å². The number of hydrogen-bond donors (Lipinski definition) is 0. The molecule has 42 valence electrons. The van der Waals surface area contributed by atoms with Gasteiger partial charge in [-0.15, -0.1) is 0 Å². The molecule has 0 amide bonds. The fraction of sp³-hybridized carbons (Fsp3) is 0.714. The van der Waals surface area contributed by atoms with Gasteiger partial charge in [0.15, 0.2) is 0 Å². The molecule has 0 radical (unpaired) electrons. The fourth-order valence-corrected chi connectivity index (χ4v) is 0.999. The van der Waals surface area contributed by atoms with Gasteiger partial charge in [-0.1, -0.05) is 11.6 Å². The molecule has 1 rings (SSSR count). The van der Waals surface area contributed by atoms with Crippen LogP contribution in [0.2, 0.25) is 0 Å². The van der Waals surface area contributed by atoms with Crippen LogP contribution < -0.4 is 29.6 Å². The minimum atomic E-state index is 0. The maximum atomic E-state index is 2.35. The predicted octanol–water partition coefficient (Wildman–Crippen LogP) is -0.377. The zero-order chi connectivity index (χ0) is 5.11. The van der Waals surface area contributed by atoms with Crippen LogP contribution in [-0.4, -0.2) is 0 Å². The largest absolute Gasteiger partial charge is 1.00 e. The summed E-state index contributed by atoms with van der Waals surface area (Å²) in [7, 11) is 0. The standard InChI is InChI=1S/C7H12.Na.H/c1-7-5-3-2-4-6-7;;/h5H,2-4,6H2,1H3;;/q;+1;-1. The van der Waals surface area contributed by atoms with E-state index < -0.39 is 0 Å². The molecule has 0 aromatic carbocycles. The second kappa shape index (κ2) is 4.60. The van der Waals surface area contributed by atoms with Gasteiger partial charge in [-0.2, -0.15) is 0 Å². The molecule has 0 aliphatic heterocycles. The van der Waals surface area contributed by atoms with Gasteiger partial charge in [-0.05, 0) is 32.6 Å². The monoisotopic (exact) mass is 120 g/mol. The SMILES string of the molecule is CC1=CCCCC1.[H-].[Na+]. The van der Waals surface area contributed by atoms with E-state index >= 15 is 0 Å². The van der Waals surface area contributed by atoms with E-state index in [2.05, 4.69) is 13.0 Å². The summed E-state index contributed by atoms with van der Waals surface area (Å²) < 4.78 is 0. The topological polar surface area (TPSA) is 0 Å². The zero-order valence-corrected chi connectivity index (χ0v) is 7.91. The van der Waals surface area contributed by atoms with E-state index in [-0.39, 0.29) is 31.0 Å². The van der Waals surface area contributed by atoms with Gasteiger partial charge in [0, 0.05) is 0 Å². The van der Waals surface area contributed by atoms with Gasteiger partial charge in [-0.25, -0.2) is 0 Å². The van der Waals surface area contributed by atoms with Crippen molar-refractivity contribution >= 4 is 0 Å². The van der Waals surface area contributed by atoms with Crippen LogP contribution >= 0.6 is 0 Å². The van der Waals surface area contributed by atoms with Gasteiger partial charge in [0.05, 0.1) is 0 Å². The summed E-state index contributed by atoms with van der Waals surface area (Å²) in [6, 6.07) is 0. The molecule has 0 heterocycles. The fourth-order valence-electron chi connectivity index (χ4n) is 0.999. The van der Waals surface area contributed by atoms with Gasteiger partial charge >= 0.3 is 29.6 Å². The van der Waals surface area contributed by atoms with Crippen LogP contribution in [0.3, 0.4) is 0 Å². The Labute approximate surface area is 75.1 Å². The van der Waals surface area contributed by atoms with Crippen molar-refractivity contribution in [1.29, 1.82) is 0 Å². The molecule has 0 N–H and O–H groups in total. The Morgan fingerprint density at radius 2 is 2.25 bits per heavy atom. The van der Waals surface area contributed by atoms with Crippen LogP contribution in [-0.2, 0) is 0 Å². The van der Waals surface area contributed by atoms with Crippen molar-refractivity contribution < 1.29 is 31.0 Å². The van der Waals surface area contributed by atoms with E-state index in [0.29, 0.717) is 0 Å². The van der Waals surface area contributed by atoms with Crippen LogP contribution in [0.1, 0.15) is 34.0 Å². The molecule has 0 aromatic rings. The molecule has 0 saturated carbocycles. The molecule has 0 spiro atoms. The molecule has 0 saturated heterocycles. The molecule has 0 atom stereocenters. The summed E-state index contributed by atoms with van der Waals surface area (Å²) in [5.41, 5.74) is 1.59. The maximum absolute atomic E-state index is 2.35. The second-order valence-corrected chi connectivity index (χ2v) is 2.30. The van der Waals surface area contributed by atoms with Crippen molar-refractivity contribution in [1.82, 2.24) is 0 Å². The third-order valence-electron chi connectivity index (χ3n) is 1.52. The molecule has 0 bridgehead atoms. The first-order valence-corrected chi connectivity index (χ1v) is 3.05. The summed E-state index contributed by atoms with van der Waals surface area (Å²) in [5.74, 6) is 0. The normalized spacial score (nSPS) is 18.9. The number of rotatable bonds is 0. The molecule has 1 heteroatoms. The molecular weight excluding hydrogens is 107 g/mol. The van der Waals surface area contributed by atoms with Gasteiger partial charge in [0.1, 0.15) is 0 Å². The number of allylic oxidation sites excluding steroid dienone is 2. The molecule has 0 aromatic heterocycles. The van der Waals surface area contributed by atoms with Gasteiger partial charge in [0.2, 0.25) is 0 Å². The average molecular weight is 120 g/mol. The zero-order valence-electron chi connectivity index (χ0n) is 6.91. The number of hydrogen-bond acceptors (Lipinski definition) is 0. The van der Waals surface area contributed by atoms with E-state index in [0.717, 1.165) is 0 Å². The van der Waals surface area contributed by atoms with Gasteiger partial charge in [-0.3, -0.25) is 0 Å². The molecule has 8 heavy (non-hydrogen) atoms. The Hall–Kier alpha value is 0.740. The Balaban J connectivity index is 0. The van der Waals surface area contributed by atoms with Gasteiger partial charge < -0.3 is 1.43 Å². The van der Waals surface area contributed by atoms with Crippen LogP contribution in [0.15, 0.2) is 11.6 Å². The van der Waals surface area contributed by atoms with Crippen molar-refractivity contribution in [3.63, 3.8) is 0 Å². The summed E-state index contributed by atoms with van der Waals surface area (Å²) >= 11 is 0. The summed E-state index contributed by atoms with van der Waals surface area (Å²) in [4.78, 5) is 0. The third-order valence-corrected chi connectivity index (χ3v) is 1.52. The third kappa shape index (κ3) is 2.91. The Morgan fingerprint density at radius 1 is 1.50 bits per heavy atom. The maximum Gasteiger partial charge on any atom is 1.00 e. The smallest absolute Gasteiger partial charge is 1.00 e. The van der Waals surface area contributed by atoms with Crippen LogP contribution in [0.5, 0.6) is 0 Å². The molecular formula is C7H13Na. The summed E-state index contributed by atoms with van der Waals surface area (Å²) in [5, 5.41) is 0. The average Bonchev–Trinajstić information content (AvgIpc) is 1.69. The van der Waals surface area contributed by atoms with Crippen LogP contribution in [0.4, 0.5) is 0 Å². The Morgan fingerprint density at radius 3 is 2.50 bits per heavy atom. The van der Waals surface area contributed by atoms with Crippen molar-refractivity contribution in [2.24, 2.45) is 0 Å². The molecule has 0 unspecified atom stereocenters. The molecule has 1 aliphatic carbocycles.